The van der Waals surface area contributed by atoms with Crippen LogP contribution < -0.4 is 9.47 Å². The minimum atomic E-state index is 0.512. The third-order valence-corrected chi connectivity index (χ3v) is 3.31. The van der Waals surface area contributed by atoms with E-state index in [1.807, 2.05) is 17.5 Å². The normalized spacial score (nSPS) is 13.8. The number of ether oxygens (including phenoxy) is 2. The highest BCUT2D eigenvalue weighted by Gasteiger charge is 2.19. The Morgan fingerprint density at radius 1 is 1.33 bits per heavy atom. The molecular formula is C11H7NO2S. The highest BCUT2D eigenvalue weighted by Crippen LogP contribution is 2.40. The summed E-state index contributed by atoms with van der Waals surface area (Å²) in [7, 11) is 0. The van der Waals surface area contributed by atoms with Gasteiger partial charge in [-0.2, -0.15) is 5.26 Å². The molecule has 0 amide bonds. The maximum Gasteiger partial charge on any atom is 0.180 e. The van der Waals surface area contributed by atoms with E-state index in [1.165, 1.54) is 0 Å². The standard InChI is InChI=1S/C11H7NO2S/c12-6-8-10-9(13-2-3-14-10)5-7-1-4-15-11(7)8/h1,4-5H,2-3H2. The molecule has 0 radical (unpaired) electrons. The molecule has 2 aromatic rings. The van der Waals surface area contributed by atoms with Crippen molar-refractivity contribution in [1.29, 1.82) is 5.26 Å². The van der Waals surface area contributed by atoms with Gasteiger partial charge in [-0.3, -0.25) is 0 Å². The van der Waals surface area contributed by atoms with Crippen LogP contribution in [0.2, 0.25) is 0 Å². The summed E-state index contributed by atoms with van der Waals surface area (Å²) in [5.74, 6) is 1.28. The van der Waals surface area contributed by atoms with E-state index in [0.717, 1.165) is 10.1 Å². The van der Waals surface area contributed by atoms with Crippen LogP contribution in [0.5, 0.6) is 11.5 Å². The summed E-state index contributed by atoms with van der Waals surface area (Å²) in [5.41, 5.74) is 0.595. The summed E-state index contributed by atoms with van der Waals surface area (Å²) in [6.45, 7) is 1.06. The summed E-state index contributed by atoms with van der Waals surface area (Å²) in [4.78, 5) is 0. The first-order valence-electron chi connectivity index (χ1n) is 4.60. The van der Waals surface area contributed by atoms with Crippen LogP contribution in [-0.2, 0) is 0 Å². The number of rotatable bonds is 0. The molecule has 0 bridgehead atoms. The van der Waals surface area contributed by atoms with E-state index in [2.05, 4.69) is 6.07 Å². The molecule has 0 fully saturated rings. The van der Waals surface area contributed by atoms with Crippen molar-refractivity contribution in [2.45, 2.75) is 0 Å². The maximum atomic E-state index is 9.13. The van der Waals surface area contributed by atoms with Crippen LogP contribution in [-0.4, -0.2) is 13.2 Å². The second-order valence-electron chi connectivity index (χ2n) is 3.23. The molecule has 3 nitrogen and oxygen atoms in total. The molecule has 0 spiro atoms. The van der Waals surface area contributed by atoms with Crippen molar-refractivity contribution in [2.75, 3.05) is 13.2 Å². The van der Waals surface area contributed by atoms with Gasteiger partial charge in [0.1, 0.15) is 24.8 Å². The largest absolute Gasteiger partial charge is 0.486 e. The van der Waals surface area contributed by atoms with Gasteiger partial charge >= 0.3 is 0 Å². The Bertz CT molecular complexity index is 568. The molecule has 0 unspecified atom stereocenters. The third kappa shape index (κ3) is 1.17. The zero-order valence-electron chi connectivity index (χ0n) is 7.82. The van der Waals surface area contributed by atoms with Crippen molar-refractivity contribution in [3.63, 3.8) is 0 Å². The monoisotopic (exact) mass is 217 g/mol. The van der Waals surface area contributed by atoms with Crippen LogP contribution in [0.4, 0.5) is 0 Å². The number of hydrogen-bond acceptors (Lipinski definition) is 4. The highest BCUT2D eigenvalue weighted by molar-refractivity contribution is 7.17. The molecule has 0 N–H and O–H groups in total. The number of benzene rings is 1. The SMILES string of the molecule is N#Cc1c2c(cc3ccsc13)OCCO2. The van der Waals surface area contributed by atoms with Gasteiger partial charge in [-0.15, -0.1) is 11.3 Å². The topological polar surface area (TPSA) is 42.2 Å². The first-order valence-corrected chi connectivity index (χ1v) is 5.48. The van der Waals surface area contributed by atoms with E-state index in [4.69, 9.17) is 14.7 Å². The number of fused-ring (bicyclic) bond motifs is 2. The molecule has 1 aliphatic heterocycles. The number of hydrogen-bond donors (Lipinski definition) is 0. The first-order chi connectivity index (χ1) is 7.40. The van der Waals surface area contributed by atoms with Crippen LogP contribution in [0, 0.1) is 11.3 Å². The van der Waals surface area contributed by atoms with Crippen LogP contribution in [0.15, 0.2) is 17.5 Å². The molecule has 2 heterocycles. The van der Waals surface area contributed by atoms with Gasteiger partial charge in [0, 0.05) is 0 Å². The Morgan fingerprint density at radius 2 is 2.20 bits per heavy atom. The lowest BCUT2D eigenvalue weighted by Crippen LogP contribution is -2.16. The minimum Gasteiger partial charge on any atom is -0.486 e. The maximum absolute atomic E-state index is 9.13. The smallest absolute Gasteiger partial charge is 0.180 e. The van der Waals surface area contributed by atoms with Crippen molar-refractivity contribution >= 4 is 21.4 Å². The predicted molar refractivity (Wildman–Crippen MR) is 57.5 cm³/mol. The van der Waals surface area contributed by atoms with E-state index in [9.17, 15) is 0 Å². The lowest BCUT2D eigenvalue weighted by atomic mass is 10.1. The van der Waals surface area contributed by atoms with Gasteiger partial charge in [0.15, 0.2) is 11.5 Å². The summed E-state index contributed by atoms with van der Waals surface area (Å²) in [6.07, 6.45) is 0. The molecule has 4 heteroatoms. The molecule has 15 heavy (non-hydrogen) atoms. The van der Waals surface area contributed by atoms with E-state index >= 15 is 0 Å². The van der Waals surface area contributed by atoms with E-state index in [-0.39, 0.29) is 0 Å². The molecule has 1 aliphatic rings. The van der Waals surface area contributed by atoms with Gasteiger partial charge in [-0.1, -0.05) is 0 Å². The highest BCUT2D eigenvalue weighted by atomic mass is 32.1. The lowest BCUT2D eigenvalue weighted by molar-refractivity contribution is 0.171. The molecule has 3 rings (SSSR count). The van der Waals surface area contributed by atoms with E-state index < -0.39 is 0 Å². The van der Waals surface area contributed by atoms with Gasteiger partial charge in [-0.05, 0) is 22.9 Å². The number of nitrogens with zero attached hydrogens (tertiary/aromatic N) is 1. The molecule has 0 saturated heterocycles. The molecular weight excluding hydrogens is 210 g/mol. The fourth-order valence-corrected chi connectivity index (χ4v) is 2.59. The van der Waals surface area contributed by atoms with Crippen LogP contribution >= 0.6 is 11.3 Å². The average Bonchev–Trinajstić information content (AvgIpc) is 2.73. The molecule has 1 aromatic heterocycles. The number of thiophene rings is 1. The van der Waals surface area contributed by atoms with Crippen LogP contribution in [0.1, 0.15) is 5.56 Å². The molecule has 74 valence electrons. The van der Waals surface area contributed by atoms with Crippen LogP contribution in [0.25, 0.3) is 10.1 Å². The van der Waals surface area contributed by atoms with Crippen molar-refractivity contribution in [3.8, 4) is 17.6 Å². The van der Waals surface area contributed by atoms with Gasteiger partial charge in [0.25, 0.3) is 0 Å². The Kier molecular flexibility index (Phi) is 1.79. The summed E-state index contributed by atoms with van der Waals surface area (Å²) in [5, 5.41) is 12.1. The predicted octanol–water partition coefficient (Wildman–Crippen LogP) is 2.54. The van der Waals surface area contributed by atoms with Crippen molar-refractivity contribution in [2.24, 2.45) is 0 Å². The van der Waals surface area contributed by atoms with Crippen molar-refractivity contribution in [3.05, 3.63) is 23.1 Å². The molecule has 0 atom stereocenters. The number of nitriles is 1. The van der Waals surface area contributed by atoms with Gasteiger partial charge in [-0.25, -0.2) is 0 Å². The summed E-state index contributed by atoms with van der Waals surface area (Å²) in [6, 6.07) is 6.11. The quantitative estimate of drug-likeness (QED) is 0.681. The second-order valence-corrected chi connectivity index (χ2v) is 4.14. The van der Waals surface area contributed by atoms with Crippen molar-refractivity contribution in [1.82, 2.24) is 0 Å². The zero-order valence-corrected chi connectivity index (χ0v) is 8.63. The Balaban J connectivity index is 2.40. The Morgan fingerprint density at radius 3 is 3.07 bits per heavy atom. The molecule has 0 saturated carbocycles. The summed E-state index contributed by atoms with van der Waals surface area (Å²) >= 11 is 1.55. The minimum absolute atomic E-state index is 0.512. The molecule has 0 aliphatic carbocycles. The van der Waals surface area contributed by atoms with Gasteiger partial charge in [0.2, 0.25) is 0 Å². The average molecular weight is 217 g/mol. The Labute approximate surface area is 90.5 Å². The fourth-order valence-electron chi connectivity index (χ4n) is 1.72. The summed E-state index contributed by atoms with van der Waals surface area (Å²) < 4.78 is 11.9. The fraction of sp³-hybridized carbons (Fsp3) is 0.182. The third-order valence-electron chi connectivity index (χ3n) is 2.36. The van der Waals surface area contributed by atoms with E-state index in [1.54, 1.807) is 11.3 Å². The second kappa shape index (κ2) is 3.14. The molecule has 1 aromatic carbocycles. The van der Waals surface area contributed by atoms with Crippen LogP contribution in [0.3, 0.4) is 0 Å². The lowest BCUT2D eigenvalue weighted by Gasteiger charge is -2.19. The van der Waals surface area contributed by atoms with Gasteiger partial charge in [0.05, 0.1) is 4.70 Å². The zero-order chi connectivity index (χ0) is 10.3. The van der Waals surface area contributed by atoms with E-state index in [0.29, 0.717) is 30.3 Å². The Hall–Kier alpha value is -1.73. The van der Waals surface area contributed by atoms with Crippen molar-refractivity contribution < 1.29 is 9.47 Å². The first kappa shape index (κ1) is 8.57. The van der Waals surface area contributed by atoms with Gasteiger partial charge < -0.3 is 9.47 Å².